The van der Waals surface area contributed by atoms with Gasteiger partial charge in [0.05, 0.1) is 5.54 Å². The third kappa shape index (κ3) is 4.74. The Hall–Kier alpha value is -2.86. The molecule has 1 fully saturated rings. The van der Waals surface area contributed by atoms with E-state index in [-0.39, 0.29) is 5.54 Å². The van der Waals surface area contributed by atoms with Crippen LogP contribution in [0.15, 0.2) is 52.9 Å². The maximum Gasteiger partial charge on any atom is 0.347 e. The Morgan fingerprint density at radius 3 is 2.52 bits per heavy atom. The normalized spacial score (nSPS) is 16.3. The van der Waals surface area contributed by atoms with Gasteiger partial charge in [0.1, 0.15) is 11.3 Å². The first kappa shape index (κ1) is 21.4. The minimum Gasteiger partial charge on any atom is -0.478 e. The average molecular weight is 423 g/mol. The number of fused-ring (bicyclic) bond motifs is 1. The van der Waals surface area contributed by atoms with Crippen LogP contribution < -0.4 is 10.1 Å². The van der Waals surface area contributed by atoms with Crippen LogP contribution in [0.3, 0.4) is 0 Å². The maximum absolute atomic E-state index is 11.2. The zero-order chi connectivity index (χ0) is 21.9. The van der Waals surface area contributed by atoms with Gasteiger partial charge in [0.2, 0.25) is 5.89 Å². The van der Waals surface area contributed by atoms with Crippen LogP contribution in [0.5, 0.6) is 5.75 Å². The van der Waals surface area contributed by atoms with Gasteiger partial charge in [-0.1, -0.05) is 43.5 Å². The highest BCUT2D eigenvalue weighted by molar-refractivity contribution is 5.76. The summed E-state index contributed by atoms with van der Waals surface area (Å²) >= 11 is 0. The fourth-order valence-corrected chi connectivity index (χ4v) is 4.21. The summed E-state index contributed by atoms with van der Waals surface area (Å²) in [4.78, 5) is 16.0. The van der Waals surface area contributed by atoms with E-state index in [0.717, 1.165) is 61.2 Å². The lowest BCUT2D eigenvalue weighted by Gasteiger charge is -2.35. The molecule has 1 aliphatic carbocycles. The molecule has 2 N–H and O–H groups in total. The summed E-state index contributed by atoms with van der Waals surface area (Å²) in [6.07, 6.45) is 6.48. The van der Waals surface area contributed by atoms with Gasteiger partial charge >= 0.3 is 5.97 Å². The van der Waals surface area contributed by atoms with Crippen molar-refractivity contribution in [1.82, 2.24) is 10.3 Å². The predicted molar refractivity (Wildman–Crippen MR) is 119 cm³/mol. The van der Waals surface area contributed by atoms with E-state index in [2.05, 4.69) is 5.32 Å². The molecule has 2 aromatic carbocycles. The van der Waals surface area contributed by atoms with Crippen LogP contribution in [-0.4, -0.2) is 28.2 Å². The number of ether oxygens (including phenoxy) is 1. The monoisotopic (exact) mass is 422 g/mol. The second kappa shape index (κ2) is 8.71. The van der Waals surface area contributed by atoms with Crippen molar-refractivity contribution >= 4 is 17.1 Å². The van der Waals surface area contributed by atoms with Crippen LogP contribution in [0.25, 0.3) is 11.1 Å². The van der Waals surface area contributed by atoms with E-state index in [1.165, 1.54) is 6.42 Å². The van der Waals surface area contributed by atoms with E-state index in [9.17, 15) is 9.90 Å². The van der Waals surface area contributed by atoms with E-state index >= 15 is 0 Å². The van der Waals surface area contributed by atoms with E-state index in [1.54, 1.807) is 13.8 Å². The van der Waals surface area contributed by atoms with Gasteiger partial charge in [-0.2, -0.15) is 0 Å². The van der Waals surface area contributed by atoms with Crippen LogP contribution in [0.1, 0.15) is 57.4 Å². The van der Waals surface area contributed by atoms with E-state index in [0.29, 0.717) is 5.75 Å². The minimum absolute atomic E-state index is 0.216. The molecule has 164 valence electrons. The molecule has 1 saturated carbocycles. The van der Waals surface area contributed by atoms with Crippen LogP contribution in [-0.2, 0) is 16.8 Å². The first-order valence-corrected chi connectivity index (χ1v) is 11.0. The molecule has 31 heavy (non-hydrogen) atoms. The van der Waals surface area contributed by atoms with Crippen molar-refractivity contribution in [3.8, 4) is 5.75 Å². The fourth-order valence-electron chi connectivity index (χ4n) is 4.21. The van der Waals surface area contributed by atoms with Crippen LogP contribution in [0.4, 0.5) is 0 Å². The maximum atomic E-state index is 11.2. The molecule has 0 bridgehead atoms. The SMILES string of the molecule is CC(C)(Oc1ccc(CCNC2(c3nc4ccccc4o3)CCCCC2)cc1)C(=O)O. The number of benzene rings is 2. The molecule has 0 aliphatic heterocycles. The Morgan fingerprint density at radius 1 is 1.13 bits per heavy atom. The molecular weight excluding hydrogens is 392 g/mol. The van der Waals surface area contributed by atoms with Crippen LogP contribution in [0, 0.1) is 0 Å². The largest absolute Gasteiger partial charge is 0.478 e. The Kier molecular flexibility index (Phi) is 6.01. The molecule has 0 atom stereocenters. The molecule has 0 saturated heterocycles. The van der Waals surface area contributed by atoms with Gasteiger partial charge < -0.3 is 19.6 Å². The van der Waals surface area contributed by atoms with Gasteiger partial charge in [0, 0.05) is 6.54 Å². The quantitative estimate of drug-likeness (QED) is 0.528. The number of rotatable bonds is 8. The van der Waals surface area contributed by atoms with Crippen molar-refractivity contribution in [2.75, 3.05) is 6.54 Å². The third-order valence-corrected chi connectivity index (χ3v) is 6.10. The topological polar surface area (TPSA) is 84.6 Å². The number of nitrogens with zero attached hydrogens (tertiary/aromatic N) is 1. The average Bonchev–Trinajstić information content (AvgIpc) is 3.20. The fraction of sp³-hybridized carbons (Fsp3) is 0.440. The molecule has 1 aliphatic rings. The van der Waals surface area contributed by atoms with Crippen LogP contribution >= 0.6 is 0 Å². The first-order valence-electron chi connectivity index (χ1n) is 11.0. The second-order valence-corrected chi connectivity index (χ2v) is 8.87. The second-order valence-electron chi connectivity index (χ2n) is 8.87. The predicted octanol–water partition coefficient (Wildman–Crippen LogP) is 5.06. The molecule has 3 aromatic rings. The lowest BCUT2D eigenvalue weighted by molar-refractivity contribution is -0.152. The van der Waals surface area contributed by atoms with Gasteiger partial charge in [-0.05, 0) is 62.9 Å². The number of carbonyl (C=O) groups is 1. The number of oxazole rings is 1. The Bertz CT molecular complexity index is 1000. The standard InChI is InChI=1S/C25H30N2O4/c1-24(2,23(28)29)31-19-12-10-18(11-13-19)14-17-26-25(15-6-3-7-16-25)22-27-20-8-4-5-9-21(20)30-22/h4-5,8-13,26H,3,6-7,14-17H2,1-2H3,(H,28,29). The highest BCUT2D eigenvalue weighted by Crippen LogP contribution is 2.38. The molecule has 0 radical (unpaired) electrons. The lowest BCUT2D eigenvalue weighted by Crippen LogP contribution is -2.45. The van der Waals surface area contributed by atoms with Gasteiger partial charge in [-0.25, -0.2) is 9.78 Å². The van der Waals surface area contributed by atoms with Crippen molar-refractivity contribution < 1.29 is 19.1 Å². The highest BCUT2D eigenvalue weighted by atomic mass is 16.5. The zero-order valence-corrected chi connectivity index (χ0v) is 18.2. The Balaban J connectivity index is 1.42. The van der Waals surface area contributed by atoms with Crippen molar-refractivity contribution in [3.05, 3.63) is 60.0 Å². The Morgan fingerprint density at radius 2 is 1.84 bits per heavy atom. The number of carboxylic acids is 1. The summed E-state index contributed by atoms with van der Waals surface area (Å²) in [5.41, 5.74) is 1.44. The molecule has 1 heterocycles. The third-order valence-electron chi connectivity index (χ3n) is 6.10. The van der Waals surface area contributed by atoms with E-state index in [4.69, 9.17) is 14.1 Å². The number of aliphatic carboxylic acids is 1. The van der Waals surface area contributed by atoms with Crippen molar-refractivity contribution in [2.24, 2.45) is 0 Å². The highest BCUT2D eigenvalue weighted by Gasteiger charge is 2.38. The molecule has 4 rings (SSSR count). The summed E-state index contributed by atoms with van der Waals surface area (Å²) in [7, 11) is 0. The smallest absolute Gasteiger partial charge is 0.347 e. The number of hydrogen-bond acceptors (Lipinski definition) is 5. The first-order chi connectivity index (χ1) is 14.9. The Labute approximate surface area is 182 Å². The zero-order valence-electron chi connectivity index (χ0n) is 18.2. The van der Waals surface area contributed by atoms with Crippen LogP contribution in [0.2, 0.25) is 0 Å². The summed E-state index contributed by atoms with van der Waals surface area (Å²) in [6.45, 7) is 3.89. The van der Waals surface area contributed by atoms with Gasteiger partial charge in [-0.15, -0.1) is 0 Å². The number of carboxylic acid groups (broad SMARTS) is 1. The number of aromatic nitrogens is 1. The van der Waals surface area contributed by atoms with Crippen molar-refractivity contribution in [1.29, 1.82) is 0 Å². The molecule has 6 heteroatoms. The van der Waals surface area contributed by atoms with Gasteiger partial charge in [0.15, 0.2) is 11.2 Å². The molecule has 6 nitrogen and oxygen atoms in total. The molecular formula is C25H30N2O4. The lowest BCUT2D eigenvalue weighted by atomic mass is 9.81. The minimum atomic E-state index is -1.25. The number of para-hydroxylation sites is 2. The van der Waals surface area contributed by atoms with Crippen molar-refractivity contribution in [2.45, 2.75) is 63.5 Å². The number of hydrogen-bond donors (Lipinski definition) is 2. The van der Waals surface area contributed by atoms with E-state index in [1.807, 2.05) is 48.5 Å². The summed E-state index contributed by atoms with van der Waals surface area (Å²) in [5, 5.41) is 13.0. The molecule has 0 unspecified atom stereocenters. The van der Waals surface area contributed by atoms with Crippen molar-refractivity contribution in [3.63, 3.8) is 0 Å². The molecule has 1 aromatic heterocycles. The van der Waals surface area contributed by atoms with Gasteiger partial charge in [-0.3, -0.25) is 0 Å². The van der Waals surface area contributed by atoms with Gasteiger partial charge in [0.25, 0.3) is 0 Å². The van der Waals surface area contributed by atoms with E-state index < -0.39 is 11.6 Å². The molecule has 0 amide bonds. The summed E-state index contributed by atoms with van der Waals surface area (Å²) in [5.74, 6) is 0.366. The summed E-state index contributed by atoms with van der Waals surface area (Å²) in [6, 6.07) is 15.6. The number of nitrogens with one attached hydrogen (secondary N) is 1. The molecule has 0 spiro atoms. The summed E-state index contributed by atoms with van der Waals surface area (Å²) < 4.78 is 11.7.